The van der Waals surface area contributed by atoms with Crippen molar-refractivity contribution in [3.63, 3.8) is 0 Å². The molecule has 4 rings (SSSR count). The number of aromatic nitrogens is 4. The number of fused-ring (bicyclic) bond motifs is 1. The normalized spacial score (nSPS) is 12.5. The zero-order chi connectivity index (χ0) is 22.3. The third-order valence-corrected chi connectivity index (χ3v) is 6.09. The molecule has 0 aliphatic rings. The predicted octanol–water partition coefficient (Wildman–Crippen LogP) is 2.89. The molecule has 2 aromatic carbocycles. The van der Waals surface area contributed by atoms with Gasteiger partial charge in [0.15, 0.2) is 0 Å². The highest BCUT2D eigenvalue weighted by Crippen LogP contribution is 2.30. The maximum absolute atomic E-state index is 12.4. The van der Waals surface area contributed by atoms with E-state index in [2.05, 4.69) is 34.1 Å². The second-order valence-corrected chi connectivity index (χ2v) is 8.34. The Kier molecular flexibility index (Phi) is 5.45. The topological polar surface area (TPSA) is 68.2 Å². The molecule has 7 nitrogen and oxygen atoms in total. The Morgan fingerprint density at radius 2 is 1.71 bits per heavy atom. The van der Waals surface area contributed by atoms with Crippen molar-refractivity contribution in [3.05, 3.63) is 70.5 Å². The average molecular weight is 420 g/mol. The van der Waals surface area contributed by atoms with E-state index in [4.69, 9.17) is 0 Å². The number of nitrogens with zero attached hydrogens (tertiary/aromatic N) is 5. The maximum Gasteiger partial charge on any atom is 0.328 e. The molecule has 0 amide bonds. The van der Waals surface area contributed by atoms with Gasteiger partial charge < -0.3 is 14.6 Å². The van der Waals surface area contributed by atoms with Gasteiger partial charge in [0.05, 0.1) is 41.9 Å². The van der Waals surface area contributed by atoms with E-state index in [1.807, 2.05) is 43.9 Å². The predicted molar refractivity (Wildman–Crippen MR) is 125 cm³/mol. The van der Waals surface area contributed by atoms with Crippen molar-refractivity contribution in [3.8, 4) is 11.3 Å². The average Bonchev–Trinajstić information content (AvgIpc) is 3.32. The van der Waals surface area contributed by atoms with Crippen LogP contribution in [0.1, 0.15) is 17.2 Å². The number of hydrogen-bond acceptors (Lipinski definition) is 4. The molecule has 1 atom stereocenters. The highest BCUT2D eigenvalue weighted by Gasteiger charge is 2.19. The number of aryl methyl sites for hydroxylation is 3. The van der Waals surface area contributed by atoms with Crippen molar-refractivity contribution >= 4 is 16.7 Å². The molecule has 1 N–H and O–H groups in total. The highest BCUT2D eigenvalue weighted by atomic mass is 16.3. The van der Waals surface area contributed by atoms with Crippen LogP contribution < -0.4 is 10.6 Å². The zero-order valence-corrected chi connectivity index (χ0v) is 18.7. The fourth-order valence-electron chi connectivity index (χ4n) is 4.18. The number of hydrogen-bond donors (Lipinski definition) is 1. The van der Waals surface area contributed by atoms with Gasteiger partial charge in [-0.1, -0.05) is 12.1 Å². The second-order valence-electron chi connectivity index (χ2n) is 8.34. The number of aliphatic hydroxyl groups is 1. The van der Waals surface area contributed by atoms with Gasteiger partial charge in [0.25, 0.3) is 0 Å². The van der Waals surface area contributed by atoms with Gasteiger partial charge in [-0.05, 0) is 48.7 Å². The summed E-state index contributed by atoms with van der Waals surface area (Å²) >= 11 is 0. The fourth-order valence-corrected chi connectivity index (χ4v) is 4.18. The van der Waals surface area contributed by atoms with E-state index >= 15 is 0 Å². The summed E-state index contributed by atoms with van der Waals surface area (Å²) in [7, 11) is 7.61. The minimum Gasteiger partial charge on any atom is -0.394 e. The summed E-state index contributed by atoms with van der Waals surface area (Å²) in [6.07, 6.45) is 4.30. The molecule has 4 aromatic rings. The quantitative estimate of drug-likeness (QED) is 0.522. The van der Waals surface area contributed by atoms with Crippen molar-refractivity contribution in [2.45, 2.75) is 19.4 Å². The maximum atomic E-state index is 12.4. The van der Waals surface area contributed by atoms with Crippen LogP contribution in [-0.2, 0) is 20.5 Å². The smallest absolute Gasteiger partial charge is 0.328 e. The van der Waals surface area contributed by atoms with Crippen molar-refractivity contribution in [1.29, 1.82) is 0 Å². The molecule has 0 unspecified atom stereocenters. The Morgan fingerprint density at radius 1 is 1.06 bits per heavy atom. The lowest BCUT2D eigenvalue weighted by Crippen LogP contribution is -2.19. The summed E-state index contributed by atoms with van der Waals surface area (Å²) in [5.74, 6) is 0. The van der Waals surface area contributed by atoms with Crippen LogP contribution in [0.15, 0.2) is 53.7 Å². The standard InChI is InChI=1S/C24H29N5O2/c1-16-10-21-22(28(5)24(31)27(21)4)12-20(16)23-13-25-15-29(23)19(14-30)11-17-6-8-18(9-7-17)26(2)3/h6-10,12-13,15,19,30H,11,14H2,1-5H3/t19-/m1/s1. The lowest BCUT2D eigenvalue weighted by Gasteiger charge is -2.21. The molecule has 0 aliphatic heterocycles. The molecule has 31 heavy (non-hydrogen) atoms. The molecule has 7 heteroatoms. The van der Waals surface area contributed by atoms with Gasteiger partial charge in [0.2, 0.25) is 0 Å². The van der Waals surface area contributed by atoms with Crippen LogP contribution in [0.3, 0.4) is 0 Å². The summed E-state index contributed by atoms with van der Waals surface area (Å²) in [5.41, 5.74) is 7.02. The first kappa shape index (κ1) is 20.9. The third kappa shape index (κ3) is 3.65. The number of rotatable bonds is 6. The Balaban J connectivity index is 1.73. The summed E-state index contributed by atoms with van der Waals surface area (Å²) in [6, 6.07) is 12.3. The Labute approximate surface area is 181 Å². The van der Waals surface area contributed by atoms with Gasteiger partial charge in [-0.15, -0.1) is 0 Å². The van der Waals surface area contributed by atoms with Crippen molar-refractivity contribution in [2.24, 2.45) is 14.1 Å². The van der Waals surface area contributed by atoms with Crippen LogP contribution in [0.25, 0.3) is 22.3 Å². The lowest BCUT2D eigenvalue weighted by atomic mass is 10.0. The van der Waals surface area contributed by atoms with Gasteiger partial charge in [-0.3, -0.25) is 9.13 Å². The van der Waals surface area contributed by atoms with Crippen molar-refractivity contribution < 1.29 is 5.11 Å². The molecule has 0 saturated carbocycles. The summed E-state index contributed by atoms with van der Waals surface area (Å²) in [6.45, 7) is 2.04. The first-order valence-corrected chi connectivity index (χ1v) is 10.4. The third-order valence-electron chi connectivity index (χ3n) is 6.09. The van der Waals surface area contributed by atoms with Crippen LogP contribution >= 0.6 is 0 Å². The fraction of sp³-hybridized carbons (Fsp3) is 0.333. The van der Waals surface area contributed by atoms with Gasteiger partial charge in [-0.2, -0.15) is 0 Å². The largest absolute Gasteiger partial charge is 0.394 e. The van der Waals surface area contributed by atoms with E-state index in [0.29, 0.717) is 6.42 Å². The molecule has 0 fully saturated rings. The van der Waals surface area contributed by atoms with Crippen LogP contribution in [0.4, 0.5) is 5.69 Å². The monoisotopic (exact) mass is 419 g/mol. The molecule has 0 saturated heterocycles. The van der Waals surface area contributed by atoms with E-state index < -0.39 is 0 Å². The van der Waals surface area contributed by atoms with Crippen LogP contribution in [-0.4, -0.2) is 44.5 Å². The second kappa shape index (κ2) is 8.07. The van der Waals surface area contributed by atoms with Gasteiger partial charge in [-0.25, -0.2) is 9.78 Å². The molecule has 0 spiro atoms. The van der Waals surface area contributed by atoms with E-state index in [1.165, 1.54) is 0 Å². The highest BCUT2D eigenvalue weighted by molar-refractivity contribution is 5.84. The van der Waals surface area contributed by atoms with Crippen molar-refractivity contribution in [2.75, 3.05) is 25.6 Å². The number of anilines is 1. The molecule has 0 radical (unpaired) electrons. The number of aliphatic hydroxyl groups excluding tert-OH is 1. The minimum atomic E-state index is -0.141. The first-order valence-electron chi connectivity index (χ1n) is 10.4. The van der Waals surface area contributed by atoms with E-state index in [-0.39, 0.29) is 18.3 Å². The lowest BCUT2D eigenvalue weighted by molar-refractivity contribution is 0.228. The number of benzene rings is 2. The van der Waals surface area contributed by atoms with Gasteiger partial charge >= 0.3 is 5.69 Å². The summed E-state index contributed by atoms with van der Waals surface area (Å²) < 4.78 is 5.36. The first-order chi connectivity index (χ1) is 14.8. The zero-order valence-electron chi connectivity index (χ0n) is 18.7. The van der Waals surface area contributed by atoms with Gasteiger partial charge in [0.1, 0.15) is 0 Å². The Bertz CT molecular complexity index is 1280. The van der Waals surface area contributed by atoms with Crippen LogP contribution in [0.5, 0.6) is 0 Å². The molecule has 2 heterocycles. The van der Waals surface area contributed by atoms with E-state index in [9.17, 15) is 9.90 Å². The van der Waals surface area contributed by atoms with Crippen LogP contribution in [0, 0.1) is 6.92 Å². The van der Waals surface area contributed by atoms with Gasteiger partial charge in [0, 0.05) is 39.4 Å². The molecular weight excluding hydrogens is 390 g/mol. The molecule has 162 valence electrons. The Morgan fingerprint density at radius 3 is 2.32 bits per heavy atom. The molecule has 0 bridgehead atoms. The minimum absolute atomic E-state index is 0.00388. The molecule has 2 aromatic heterocycles. The molecular formula is C24H29N5O2. The summed E-state index contributed by atoms with van der Waals surface area (Å²) in [5, 5.41) is 10.2. The Hall–Kier alpha value is -3.32. The van der Waals surface area contributed by atoms with Crippen molar-refractivity contribution in [1.82, 2.24) is 18.7 Å². The SMILES string of the molecule is Cc1cc2c(cc1-c1cncn1[C@@H](CO)Cc1ccc(N(C)C)cc1)n(C)c(=O)n2C. The van der Waals surface area contributed by atoms with Crippen LogP contribution in [0.2, 0.25) is 0 Å². The summed E-state index contributed by atoms with van der Waals surface area (Å²) in [4.78, 5) is 18.8. The number of imidazole rings is 2. The van der Waals surface area contributed by atoms with E-state index in [0.717, 1.165) is 39.1 Å². The molecule has 0 aliphatic carbocycles. The van der Waals surface area contributed by atoms with E-state index in [1.54, 1.807) is 29.6 Å².